The van der Waals surface area contributed by atoms with E-state index in [2.05, 4.69) is 5.32 Å². The van der Waals surface area contributed by atoms with Crippen molar-refractivity contribution in [2.45, 2.75) is 38.9 Å². The Morgan fingerprint density at radius 1 is 1.22 bits per heavy atom. The molecule has 0 radical (unpaired) electrons. The number of carbonyl (C=O) groups is 2. The molecule has 0 heterocycles. The third kappa shape index (κ3) is 7.21. The maximum absolute atomic E-state index is 12.9. The van der Waals surface area contributed by atoms with Gasteiger partial charge in [0, 0.05) is 11.7 Å². The first-order valence-corrected chi connectivity index (χ1v) is 9.09. The topological polar surface area (TPSA) is 53.9 Å². The second kappa shape index (κ2) is 8.73. The summed E-state index contributed by atoms with van der Waals surface area (Å²) in [5.41, 5.74) is 1.71. The molecular formula is C19H27F3N3O2+. The molecule has 150 valence electrons. The number of anilines is 1. The fraction of sp³-hybridized carbons (Fsp3) is 0.579. The summed E-state index contributed by atoms with van der Waals surface area (Å²) in [5.74, 6) is -0.726. The van der Waals surface area contributed by atoms with Gasteiger partial charge in [-0.1, -0.05) is 17.7 Å². The number of benzene rings is 1. The minimum atomic E-state index is -4.43. The van der Waals surface area contributed by atoms with Crippen LogP contribution in [0.2, 0.25) is 0 Å². The Labute approximate surface area is 157 Å². The summed E-state index contributed by atoms with van der Waals surface area (Å²) in [4.78, 5) is 26.0. The van der Waals surface area contributed by atoms with Crippen LogP contribution in [0.4, 0.5) is 18.9 Å². The van der Waals surface area contributed by atoms with E-state index < -0.39 is 24.7 Å². The van der Waals surface area contributed by atoms with Crippen LogP contribution < -0.4 is 10.2 Å². The number of quaternary nitrogens is 1. The number of nitrogens with one attached hydrogen (secondary N) is 2. The van der Waals surface area contributed by atoms with E-state index in [0.29, 0.717) is 10.6 Å². The molecule has 27 heavy (non-hydrogen) atoms. The van der Waals surface area contributed by atoms with Crippen molar-refractivity contribution in [2.24, 2.45) is 5.92 Å². The zero-order valence-electron chi connectivity index (χ0n) is 15.9. The molecule has 1 aliphatic carbocycles. The van der Waals surface area contributed by atoms with Crippen molar-refractivity contribution in [1.29, 1.82) is 0 Å². The largest absolute Gasteiger partial charge is 0.406 e. The maximum Gasteiger partial charge on any atom is 0.406 e. The van der Waals surface area contributed by atoms with E-state index in [9.17, 15) is 22.8 Å². The van der Waals surface area contributed by atoms with E-state index in [-0.39, 0.29) is 24.9 Å². The Morgan fingerprint density at radius 3 is 2.33 bits per heavy atom. The van der Waals surface area contributed by atoms with Crippen molar-refractivity contribution in [3.05, 3.63) is 29.8 Å². The Kier molecular flexibility index (Phi) is 6.86. The van der Waals surface area contributed by atoms with Crippen LogP contribution in [0.15, 0.2) is 24.3 Å². The SMILES string of the molecule is Cc1ccc(NC(=O)C[NH+](C)CC(=O)N(CC(F)(F)F)[C@@H](C)C2CC2)cc1. The van der Waals surface area contributed by atoms with Gasteiger partial charge in [0.2, 0.25) is 0 Å². The number of nitrogens with zero attached hydrogens (tertiary/aromatic N) is 1. The third-order valence-corrected chi connectivity index (χ3v) is 4.72. The lowest BCUT2D eigenvalue weighted by atomic mass is 10.1. The third-order valence-electron chi connectivity index (χ3n) is 4.72. The molecule has 1 aromatic carbocycles. The van der Waals surface area contributed by atoms with E-state index in [1.54, 1.807) is 26.1 Å². The molecule has 0 bridgehead atoms. The van der Waals surface area contributed by atoms with Crippen LogP contribution in [0.5, 0.6) is 0 Å². The summed E-state index contributed by atoms with van der Waals surface area (Å²) in [7, 11) is 1.63. The number of rotatable bonds is 8. The van der Waals surface area contributed by atoms with Crippen LogP contribution in [0.1, 0.15) is 25.3 Å². The standard InChI is InChI=1S/C19H26F3N3O2/c1-13-4-8-16(9-5-13)23-17(26)10-24(3)11-18(27)25(12-19(20,21)22)14(2)15-6-7-15/h4-5,8-9,14-15H,6-7,10-12H2,1-3H3,(H,23,26)/p+1/t14-/m0/s1. The molecule has 5 nitrogen and oxygen atoms in total. The molecule has 2 N–H and O–H groups in total. The molecule has 1 fully saturated rings. The van der Waals surface area contributed by atoms with Gasteiger partial charge in [0.15, 0.2) is 13.1 Å². The van der Waals surface area contributed by atoms with Gasteiger partial charge in [-0.25, -0.2) is 0 Å². The van der Waals surface area contributed by atoms with E-state index in [4.69, 9.17) is 0 Å². The Morgan fingerprint density at radius 2 is 1.81 bits per heavy atom. The molecule has 1 saturated carbocycles. The highest BCUT2D eigenvalue weighted by atomic mass is 19.4. The summed E-state index contributed by atoms with van der Waals surface area (Å²) < 4.78 is 38.6. The van der Waals surface area contributed by atoms with Crippen LogP contribution >= 0.6 is 0 Å². The van der Waals surface area contributed by atoms with Crippen molar-refractivity contribution < 1.29 is 27.7 Å². The predicted molar refractivity (Wildman–Crippen MR) is 96.4 cm³/mol. The second-order valence-electron chi connectivity index (χ2n) is 7.44. The van der Waals surface area contributed by atoms with E-state index >= 15 is 0 Å². The van der Waals surface area contributed by atoms with Crippen molar-refractivity contribution in [3.8, 4) is 0 Å². The molecule has 1 aliphatic rings. The van der Waals surface area contributed by atoms with Crippen molar-refractivity contribution in [1.82, 2.24) is 4.90 Å². The number of alkyl halides is 3. The van der Waals surface area contributed by atoms with Crippen LogP contribution in [0.3, 0.4) is 0 Å². The zero-order chi connectivity index (χ0) is 20.2. The van der Waals surface area contributed by atoms with Crippen molar-refractivity contribution in [2.75, 3.05) is 32.0 Å². The monoisotopic (exact) mass is 386 g/mol. The molecule has 2 atom stereocenters. The van der Waals surface area contributed by atoms with E-state index in [1.807, 2.05) is 19.1 Å². The summed E-state index contributed by atoms with van der Waals surface area (Å²) in [6, 6.07) is 6.84. The molecule has 0 aromatic heterocycles. The summed E-state index contributed by atoms with van der Waals surface area (Å²) in [6.07, 6.45) is -2.73. The number of carbonyl (C=O) groups excluding carboxylic acids is 2. The second-order valence-corrected chi connectivity index (χ2v) is 7.44. The molecular weight excluding hydrogens is 359 g/mol. The van der Waals surface area contributed by atoms with Gasteiger partial charge in [-0.15, -0.1) is 0 Å². The lowest BCUT2D eigenvalue weighted by molar-refractivity contribution is -0.862. The molecule has 0 saturated heterocycles. The van der Waals surface area contributed by atoms with Crippen LogP contribution in [-0.2, 0) is 9.59 Å². The summed E-state index contributed by atoms with van der Waals surface area (Å²) in [6.45, 7) is 2.20. The maximum atomic E-state index is 12.9. The Balaban J connectivity index is 1.89. The predicted octanol–water partition coefficient (Wildman–Crippen LogP) is 1.64. The van der Waals surface area contributed by atoms with Gasteiger partial charge in [0.1, 0.15) is 6.54 Å². The van der Waals surface area contributed by atoms with Crippen molar-refractivity contribution >= 4 is 17.5 Å². The van der Waals surface area contributed by atoms with Gasteiger partial charge in [0.05, 0.1) is 7.05 Å². The average Bonchev–Trinajstić information content (AvgIpc) is 3.38. The average molecular weight is 386 g/mol. The van der Waals surface area contributed by atoms with Crippen LogP contribution in [0, 0.1) is 12.8 Å². The number of likely N-dealkylation sites (N-methyl/N-ethyl adjacent to an activating group) is 1. The molecule has 2 amide bonds. The lowest BCUT2D eigenvalue weighted by Crippen LogP contribution is -3.11. The smallest absolute Gasteiger partial charge is 0.326 e. The first kappa shape index (κ1) is 21.2. The van der Waals surface area contributed by atoms with Crippen LogP contribution in [-0.4, -0.2) is 55.6 Å². The number of amides is 2. The van der Waals surface area contributed by atoms with Gasteiger partial charge < -0.3 is 15.1 Å². The molecule has 1 unspecified atom stereocenters. The molecule has 8 heteroatoms. The quantitative estimate of drug-likeness (QED) is 0.714. The summed E-state index contributed by atoms with van der Waals surface area (Å²) in [5, 5.41) is 2.73. The number of hydrogen-bond acceptors (Lipinski definition) is 2. The van der Waals surface area contributed by atoms with Gasteiger partial charge >= 0.3 is 6.18 Å². The molecule has 0 aliphatic heterocycles. The van der Waals surface area contributed by atoms with Crippen molar-refractivity contribution in [3.63, 3.8) is 0 Å². The van der Waals surface area contributed by atoms with E-state index in [0.717, 1.165) is 23.3 Å². The van der Waals surface area contributed by atoms with Gasteiger partial charge in [-0.3, -0.25) is 9.59 Å². The fourth-order valence-electron chi connectivity index (χ4n) is 3.02. The highest BCUT2D eigenvalue weighted by Crippen LogP contribution is 2.36. The highest BCUT2D eigenvalue weighted by molar-refractivity contribution is 5.91. The molecule has 2 rings (SSSR count). The minimum Gasteiger partial charge on any atom is -0.326 e. The first-order valence-electron chi connectivity index (χ1n) is 9.09. The lowest BCUT2D eigenvalue weighted by Gasteiger charge is -2.30. The normalized spacial score (nSPS) is 16.5. The fourth-order valence-corrected chi connectivity index (χ4v) is 3.02. The van der Waals surface area contributed by atoms with Gasteiger partial charge in [0.25, 0.3) is 11.8 Å². The molecule has 1 aromatic rings. The zero-order valence-corrected chi connectivity index (χ0v) is 15.9. The van der Waals surface area contributed by atoms with Crippen LogP contribution in [0.25, 0.3) is 0 Å². The van der Waals surface area contributed by atoms with Gasteiger partial charge in [-0.05, 0) is 44.7 Å². The minimum absolute atomic E-state index is 0.00269. The highest BCUT2D eigenvalue weighted by Gasteiger charge is 2.41. The van der Waals surface area contributed by atoms with E-state index in [1.165, 1.54) is 0 Å². The Hall–Kier alpha value is -2.09. The number of hydrogen-bond donors (Lipinski definition) is 2. The number of halogens is 3. The first-order chi connectivity index (χ1) is 12.5. The summed E-state index contributed by atoms with van der Waals surface area (Å²) >= 11 is 0. The Bertz CT molecular complexity index is 657. The van der Waals surface area contributed by atoms with Gasteiger partial charge in [-0.2, -0.15) is 13.2 Å². The molecule has 0 spiro atoms. The number of aryl methyl sites for hydroxylation is 1.